The first-order valence-corrected chi connectivity index (χ1v) is 10.5. The first kappa shape index (κ1) is 21.9. The van der Waals surface area contributed by atoms with E-state index in [1.165, 1.54) is 7.11 Å². The van der Waals surface area contributed by atoms with E-state index in [0.29, 0.717) is 17.8 Å². The first-order chi connectivity index (χ1) is 16.1. The number of benzene rings is 3. The number of H-pyrrole nitrogens is 1. The number of methoxy groups -OCH3 is 2. The SMILES string of the molecule is COC(=O)c1ccc(CNC(=O)c2[nH]c(-c3ccccc3)cc2-c2ccc(OC)cc2)cc1. The minimum absolute atomic E-state index is 0.222. The lowest BCUT2D eigenvalue weighted by Crippen LogP contribution is -2.23. The van der Waals surface area contributed by atoms with Crippen molar-refractivity contribution >= 4 is 11.9 Å². The minimum Gasteiger partial charge on any atom is -0.497 e. The van der Waals surface area contributed by atoms with Gasteiger partial charge in [-0.05, 0) is 47.0 Å². The van der Waals surface area contributed by atoms with Crippen LogP contribution in [0.5, 0.6) is 5.75 Å². The number of rotatable bonds is 7. The van der Waals surface area contributed by atoms with Crippen molar-refractivity contribution in [1.29, 1.82) is 0 Å². The van der Waals surface area contributed by atoms with E-state index in [1.807, 2.05) is 60.7 Å². The summed E-state index contributed by atoms with van der Waals surface area (Å²) < 4.78 is 9.98. The number of amides is 1. The zero-order chi connectivity index (χ0) is 23.2. The van der Waals surface area contributed by atoms with Gasteiger partial charge in [-0.15, -0.1) is 0 Å². The predicted molar refractivity (Wildman–Crippen MR) is 127 cm³/mol. The molecule has 0 unspecified atom stereocenters. The lowest BCUT2D eigenvalue weighted by Gasteiger charge is -2.08. The predicted octanol–water partition coefficient (Wildman–Crippen LogP) is 5.07. The summed E-state index contributed by atoms with van der Waals surface area (Å²) in [6, 6.07) is 26.4. The number of esters is 1. The van der Waals surface area contributed by atoms with Crippen LogP contribution in [0.4, 0.5) is 0 Å². The van der Waals surface area contributed by atoms with Gasteiger partial charge < -0.3 is 19.8 Å². The third kappa shape index (κ3) is 4.96. The summed E-state index contributed by atoms with van der Waals surface area (Å²) >= 11 is 0. The molecule has 6 heteroatoms. The molecule has 0 radical (unpaired) electrons. The molecule has 3 aromatic carbocycles. The molecule has 1 heterocycles. The Morgan fingerprint density at radius 1 is 0.848 bits per heavy atom. The Morgan fingerprint density at radius 3 is 2.18 bits per heavy atom. The van der Waals surface area contributed by atoms with Gasteiger partial charge in [0.05, 0.1) is 19.8 Å². The highest BCUT2D eigenvalue weighted by Gasteiger charge is 2.18. The molecule has 4 aromatic rings. The Morgan fingerprint density at radius 2 is 1.55 bits per heavy atom. The minimum atomic E-state index is -0.394. The molecule has 0 aliphatic carbocycles. The maximum atomic E-state index is 13.2. The molecule has 2 N–H and O–H groups in total. The van der Waals surface area contributed by atoms with Crippen molar-refractivity contribution in [3.8, 4) is 28.1 Å². The van der Waals surface area contributed by atoms with E-state index in [1.54, 1.807) is 31.4 Å². The van der Waals surface area contributed by atoms with Crippen molar-refractivity contribution in [2.75, 3.05) is 14.2 Å². The van der Waals surface area contributed by atoms with Crippen LogP contribution in [0.2, 0.25) is 0 Å². The maximum absolute atomic E-state index is 13.2. The Balaban J connectivity index is 1.60. The topological polar surface area (TPSA) is 80.4 Å². The highest BCUT2D eigenvalue weighted by atomic mass is 16.5. The van der Waals surface area contributed by atoms with E-state index in [9.17, 15) is 9.59 Å². The lowest BCUT2D eigenvalue weighted by molar-refractivity contribution is 0.0600. The number of aromatic amines is 1. The number of carbonyl (C=O) groups excluding carboxylic acids is 2. The summed E-state index contributed by atoms with van der Waals surface area (Å²) in [5.74, 6) is 0.133. The van der Waals surface area contributed by atoms with Crippen LogP contribution in [-0.4, -0.2) is 31.1 Å². The quantitative estimate of drug-likeness (QED) is 0.393. The van der Waals surface area contributed by atoms with E-state index in [0.717, 1.165) is 33.7 Å². The van der Waals surface area contributed by atoms with Crippen molar-refractivity contribution in [2.45, 2.75) is 6.54 Å². The molecule has 0 spiro atoms. The van der Waals surface area contributed by atoms with Gasteiger partial charge in [-0.1, -0.05) is 54.6 Å². The summed E-state index contributed by atoms with van der Waals surface area (Å²) in [5.41, 5.74) is 5.36. The Kier molecular flexibility index (Phi) is 6.55. The average molecular weight is 440 g/mol. The number of ether oxygens (including phenoxy) is 2. The van der Waals surface area contributed by atoms with Crippen molar-refractivity contribution in [3.05, 3.63) is 102 Å². The Hall–Kier alpha value is -4.32. The van der Waals surface area contributed by atoms with Crippen molar-refractivity contribution in [2.24, 2.45) is 0 Å². The molecule has 6 nitrogen and oxygen atoms in total. The number of nitrogens with one attached hydrogen (secondary N) is 2. The second-order valence-electron chi connectivity index (χ2n) is 7.44. The normalized spacial score (nSPS) is 10.5. The van der Waals surface area contributed by atoms with Gasteiger partial charge in [-0.25, -0.2) is 4.79 Å². The molecule has 0 fully saturated rings. The van der Waals surface area contributed by atoms with Gasteiger partial charge in [0.15, 0.2) is 0 Å². The van der Waals surface area contributed by atoms with Crippen LogP contribution in [0.1, 0.15) is 26.4 Å². The van der Waals surface area contributed by atoms with E-state index in [-0.39, 0.29) is 5.91 Å². The summed E-state index contributed by atoms with van der Waals surface area (Å²) in [4.78, 5) is 28.1. The maximum Gasteiger partial charge on any atom is 0.337 e. The molecule has 0 saturated carbocycles. The van der Waals surface area contributed by atoms with Gasteiger partial charge >= 0.3 is 5.97 Å². The van der Waals surface area contributed by atoms with Crippen molar-refractivity contribution in [1.82, 2.24) is 10.3 Å². The molecule has 4 rings (SSSR count). The number of aromatic nitrogens is 1. The van der Waals surface area contributed by atoms with Gasteiger partial charge in [0.2, 0.25) is 0 Å². The van der Waals surface area contributed by atoms with Gasteiger partial charge in [0.25, 0.3) is 5.91 Å². The van der Waals surface area contributed by atoms with Crippen LogP contribution in [-0.2, 0) is 11.3 Å². The summed E-state index contributed by atoms with van der Waals surface area (Å²) in [5, 5.41) is 2.96. The average Bonchev–Trinajstić information content (AvgIpc) is 3.33. The molecule has 166 valence electrons. The van der Waals surface area contributed by atoms with Crippen LogP contribution < -0.4 is 10.1 Å². The standard InChI is InChI=1S/C27H24N2O4/c1-32-22-14-12-19(13-15-22)23-16-24(20-6-4-3-5-7-20)29-25(23)26(30)28-17-18-8-10-21(11-9-18)27(31)33-2/h3-16,29H,17H2,1-2H3,(H,28,30). The zero-order valence-electron chi connectivity index (χ0n) is 18.4. The van der Waals surface area contributed by atoms with Crippen LogP contribution in [0.15, 0.2) is 84.9 Å². The highest BCUT2D eigenvalue weighted by Crippen LogP contribution is 2.31. The number of hydrogen-bond acceptors (Lipinski definition) is 4. The van der Waals surface area contributed by atoms with E-state index < -0.39 is 5.97 Å². The molecule has 0 aliphatic rings. The number of carbonyl (C=O) groups is 2. The molecular weight excluding hydrogens is 416 g/mol. The monoisotopic (exact) mass is 440 g/mol. The van der Waals surface area contributed by atoms with Crippen LogP contribution in [0.3, 0.4) is 0 Å². The molecule has 0 saturated heterocycles. The highest BCUT2D eigenvalue weighted by molar-refractivity contribution is 6.00. The molecule has 0 aliphatic heterocycles. The van der Waals surface area contributed by atoms with Crippen LogP contribution in [0, 0.1) is 0 Å². The van der Waals surface area contributed by atoms with Crippen molar-refractivity contribution in [3.63, 3.8) is 0 Å². The third-order valence-corrected chi connectivity index (χ3v) is 5.36. The van der Waals surface area contributed by atoms with E-state index in [2.05, 4.69) is 10.3 Å². The molecule has 1 aromatic heterocycles. The number of hydrogen-bond donors (Lipinski definition) is 2. The lowest BCUT2D eigenvalue weighted by atomic mass is 10.0. The molecule has 0 atom stereocenters. The van der Waals surface area contributed by atoms with Gasteiger partial charge in [0, 0.05) is 17.8 Å². The zero-order valence-corrected chi connectivity index (χ0v) is 18.4. The fourth-order valence-electron chi connectivity index (χ4n) is 3.55. The molecule has 0 bridgehead atoms. The smallest absolute Gasteiger partial charge is 0.337 e. The largest absolute Gasteiger partial charge is 0.497 e. The molecule has 1 amide bonds. The summed E-state index contributed by atoms with van der Waals surface area (Å²) in [7, 11) is 2.96. The van der Waals surface area contributed by atoms with Gasteiger partial charge in [-0.2, -0.15) is 0 Å². The fourth-order valence-corrected chi connectivity index (χ4v) is 3.55. The van der Waals surface area contributed by atoms with Crippen LogP contribution >= 0.6 is 0 Å². The fraction of sp³-hybridized carbons (Fsp3) is 0.111. The molecule has 33 heavy (non-hydrogen) atoms. The first-order valence-electron chi connectivity index (χ1n) is 10.5. The van der Waals surface area contributed by atoms with Gasteiger partial charge in [0.1, 0.15) is 11.4 Å². The molecular formula is C27H24N2O4. The second kappa shape index (κ2) is 9.87. The van der Waals surface area contributed by atoms with E-state index >= 15 is 0 Å². The van der Waals surface area contributed by atoms with Crippen LogP contribution in [0.25, 0.3) is 22.4 Å². The summed E-state index contributed by atoms with van der Waals surface area (Å²) in [6.07, 6.45) is 0. The Labute approximate surface area is 192 Å². The summed E-state index contributed by atoms with van der Waals surface area (Å²) in [6.45, 7) is 0.321. The van der Waals surface area contributed by atoms with E-state index in [4.69, 9.17) is 9.47 Å². The second-order valence-corrected chi connectivity index (χ2v) is 7.44. The Bertz CT molecular complexity index is 1240. The van der Waals surface area contributed by atoms with Gasteiger partial charge in [-0.3, -0.25) is 4.79 Å². The van der Waals surface area contributed by atoms with Crippen molar-refractivity contribution < 1.29 is 19.1 Å². The third-order valence-electron chi connectivity index (χ3n) is 5.36.